The van der Waals surface area contributed by atoms with E-state index in [0.29, 0.717) is 11.1 Å². The Labute approximate surface area is 190 Å². The van der Waals surface area contributed by atoms with E-state index in [-0.39, 0.29) is 24.1 Å². The van der Waals surface area contributed by atoms with Gasteiger partial charge in [-0.15, -0.1) is 0 Å². The Bertz CT molecular complexity index is 808. The summed E-state index contributed by atoms with van der Waals surface area (Å²) in [5, 5.41) is 0. The van der Waals surface area contributed by atoms with Gasteiger partial charge in [-0.3, -0.25) is 0 Å². The third-order valence-corrected chi connectivity index (χ3v) is 6.52. The van der Waals surface area contributed by atoms with Crippen LogP contribution >= 0.6 is 0 Å². The molecule has 0 radical (unpaired) electrons. The van der Waals surface area contributed by atoms with Crippen molar-refractivity contribution in [2.75, 3.05) is 0 Å². The molecular formula is C26H34N2O4+2. The van der Waals surface area contributed by atoms with Crippen molar-refractivity contribution < 1.29 is 28.2 Å². The van der Waals surface area contributed by atoms with E-state index in [4.69, 9.17) is 9.47 Å². The number of aromatic nitrogens is 2. The summed E-state index contributed by atoms with van der Waals surface area (Å²) in [5.41, 5.74) is 1.20. The zero-order valence-corrected chi connectivity index (χ0v) is 18.8. The average Bonchev–Trinajstić information content (AvgIpc) is 2.84. The summed E-state index contributed by atoms with van der Waals surface area (Å²) in [4.78, 5) is 24.7. The van der Waals surface area contributed by atoms with Crippen molar-refractivity contribution >= 4 is 11.9 Å². The summed E-state index contributed by atoms with van der Waals surface area (Å²) in [5.74, 6) is -0.455. The van der Waals surface area contributed by atoms with Gasteiger partial charge in [-0.25, -0.2) is 9.59 Å². The van der Waals surface area contributed by atoms with E-state index in [2.05, 4.69) is 0 Å². The topological polar surface area (TPSA) is 60.4 Å². The zero-order chi connectivity index (χ0) is 22.2. The fraction of sp³-hybridized carbons (Fsp3) is 0.538. The van der Waals surface area contributed by atoms with Gasteiger partial charge in [-0.2, -0.15) is 9.13 Å². The molecule has 2 aliphatic carbocycles. The Balaban J connectivity index is 1.24. The highest BCUT2D eigenvalue weighted by molar-refractivity contribution is 5.89. The number of ether oxygens (including phenoxy) is 2. The predicted octanol–water partition coefficient (Wildman–Crippen LogP) is 3.94. The number of esters is 2. The minimum Gasteiger partial charge on any atom is -0.459 e. The second-order valence-corrected chi connectivity index (χ2v) is 8.98. The quantitative estimate of drug-likeness (QED) is 0.485. The molecule has 0 amide bonds. The van der Waals surface area contributed by atoms with Crippen molar-refractivity contribution in [2.45, 2.75) is 89.5 Å². The molecule has 0 N–H and O–H groups in total. The normalized spacial score (nSPS) is 17.6. The van der Waals surface area contributed by atoms with Gasteiger partial charge in [0.1, 0.15) is 12.2 Å². The Morgan fingerprint density at radius 3 is 1.31 bits per heavy atom. The lowest BCUT2D eigenvalue weighted by Gasteiger charge is -2.21. The van der Waals surface area contributed by atoms with Crippen LogP contribution in [0.3, 0.4) is 0 Å². The molecule has 2 aliphatic rings. The van der Waals surface area contributed by atoms with Gasteiger partial charge in [0, 0.05) is 24.3 Å². The lowest BCUT2D eigenvalue weighted by Crippen LogP contribution is -2.44. The SMILES string of the molecule is O=C(OC1CCCCC1)c1cc[n+](CC[n+]2ccc(C(=O)OC3CCCCC3)cc2)cc1. The molecule has 0 aromatic carbocycles. The molecule has 2 aromatic heterocycles. The van der Waals surface area contributed by atoms with Gasteiger partial charge in [0.05, 0.1) is 11.1 Å². The first-order chi connectivity index (χ1) is 15.7. The number of hydrogen-bond acceptors (Lipinski definition) is 4. The molecule has 0 aliphatic heterocycles. The summed E-state index contributed by atoms with van der Waals surface area (Å²) in [6.45, 7) is 1.52. The van der Waals surface area contributed by atoms with Crippen LogP contribution in [-0.2, 0) is 22.6 Å². The fourth-order valence-corrected chi connectivity index (χ4v) is 4.52. The smallest absolute Gasteiger partial charge is 0.338 e. The number of pyridine rings is 2. The van der Waals surface area contributed by atoms with Crippen LogP contribution in [0.4, 0.5) is 0 Å². The predicted molar refractivity (Wildman–Crippen MR) is 118 cm³/mol. The van der Waals surface area contributed by atoms with Crippen molar-refractivity contribution in [1.82, 2.24) is 0 Å². The maximum atomic E-state index is 12.3. The third-order valence-electron chi connectivity index (χ3n) is 6.52. The highest BCUT2D eigenvalue weighted by Gasteiger charge is 2.21. The van der Waals surface area contributed by atoms with Crippen molar-refractivity contribution in [3.05, 3.63) is 60.2 Å². The number of carbonyl (C=O) groups excluding carboxylic acids is 2. The Morgan fingerprint density at radius 1 is 0.625 bits per heavy atom. The first kappa shape index (κ1) is 22.4. The van der Waals surface area contributed by atoms with Crippen LogP contribution in [0.5, 0.6) is 0 Å². The molecule has 4 rings (SSSR count). The molecule has 0 bridgehead atoms. The summed E-state index contributed by atoms with van der Waals surface area (Å²) in [6, 6.07) is 7.28. The maximum absolute atomic E-state index is 12.3. The number of nitrogens with zero attached hydrogens (tertiary/aromatic N) is 2. The number of aryl methyl sites for hydroxylation is 2. The largest absolute Gasteiger partial charge is 0.459 e. The molecule has 0 spiro atoms. The second kappa shape index (κ2) is 11.2. The average molecular weight is 439 g/mol. The molecule has 2 saturated carbocycles. The van der Waals surface area contributed by atoms with Gasteiger partial charge >= 0.3 is 11.9 Å². The third kappa shape index (κ3) is 6.38. The van der Waals surface area contributed by atoms with Crippen LogP contribution in [0.25, 0.3) is 0 Å². The lowest BCUT2D eigenvalue weighted by molar-refractivity contribution is -0.778. The molecule has 0 unspecified atom stereocenters. The highest BCUT2D eigenvalue weighted by Crippen LogP contribution is 2.22. The molecule has 0 atom stereocenters. The van der Waals surface area contributed by atoms with Crippen LogP contribution in [0, 0.1) is 0 Å². The zero-order valence-electron chi connectivity index (χ0n) is 18.8. The first-order valence-electron chi connectivity index (χ1n) is 12.1. The standard InChI is InChI=1S/C26H34N2O4/c29-25(31-23-7-3-1-4-8-23)21-11-15-27(16-12-21)19-20-28-17-13-22(14-18-28)26(30)32-24-9-5-2-6-10-24/h11-18,23-24H,1-10,19-20H2/q+2. The Hall–Kier alpha value is -2.76. The second-order valence-electron chi connectivity index (χ2n) is 8.98. The molecule has 2 heterocycles. The van der Waals surface area contributed by atoms with Gasteiger partial charge in [-0.05, 0) is 51.4 Å². The van der Waals surface area contributed by atoms with Crippen LogP contribution < -0.4 is 9.13 Å². The van der Waals surface area contributed by atoms with Gasteiger partial charge < -0.3 is 9.47 Å². The minimum atomic E-state index is -0.228. The molecular weight excluding hydrogens is 404 g/mol. The number of rotatable bonds is 7. The van der Waals surface area contributed by atoms with E-state index in [1.54, 1.807) is 0 Å². The van der Waals surface area contributed by atoms with Crippen molar-refractivity contribution in [2.24, 2.45) is 0 Å². The van der Waals surface area contributed by atoms with Crippen LogP contribution in [0.1, 0.15) is 84.9 Å². The Kier molecular flexibility index (Phi) is 7.86. The van der Waals surface area contributed by atoms with Crippen LogP contribution in [0.15, 0.2) is 49.1 Å². The number of carbonyl (C=O) groups is 2. The monoisotopic (exact) mass is 438 g/mol. The maximum Gasteiger partial charge on any atom is 0.338 e. The van der Waals surface area contributed by atoms with Gasteiger partial charge in [0.25, 0.3) is 0 Å². The van der Waals surface area contributed by atoms with E-state index in [0.717, 1.165) is 64.5 Å². The van der Waals surface area contributed by atoms with E-state index in [1.165, 1.54) is 12.8 Å². The van der Waals surface area contributed by atoms with Gasteiger partial charge in [0.15, 0.2) is 24.8 Å². The summed E-state index contributed by atoms with van der Waals surface area (Å²) in [7, 11) is 0. The summed E-state index contributed by atoms with van der Waals surface area (Å²) >= 11 is 0. The van der Waals surface area contributed by atoms with Crippen molar-refractivity contribution in [3.63, 3.8) is 0 Å². The molecule has 2 fully saturated rings. The molecule has 0 saturated heterocycles. The highest BCUT2D eigenvalue weighted by atomic mass is 16.5. The fourth-order valence-electron chi connectivity index (χ4n) is 4.52. The minimum absolute atomic E-state index is 0.0721. The molecule has 32 heavy (non-hydrogen) atoms. The van der Waals surface area contributed by atoms with E-state index < -0.39 is 0 Å². The van der Waals surface area contributed by atoms with E-state index in [1.807, 2.05) is 58.2 Å². The molecule has 6 nitrogen and oxygen atoms in total. The molecule has 2 aromatic rings. The summed E-state index contributed by atoms with van der Waals surface area (Å²) < 4.78 is 15.3. The van der Waals surface area contributed by atoms with Gasteiger partial charge in [-0.1, -0.05) is 12.8 Å². The van der Waals surface area contributed by atoms with E-state index >= 15 is 0 Å². The number of hydrogen-bond donors (Lipinski definition) is 0. The van der Waals surface area contributed by atoms with E-state index in [9.17, 15) is 9.59 Å². The first-order valence-corrected chi connectivity index (χ1v) is 12.1. The van der Waals surface area contributed by atoms with Crippen molar-refractivity contribution in [1.29, 1.82) is 0 Å². The van der Waals surface area contributed by atoms with Gasteiger partial charge in [0.2, 0.25) is 13.1 Å². The van der Waals surface area contributed by atoms with Crippen molar-refractivity contribution in [3.8, 4) is 0 Å². The molecule has 170 valence electrons. The summed E-state index contributed by atoms with van der Waals surface area (Å²) in [6.07, 6.45) is 18.8. The van der Waals surface area contributed by atoms with Crippen LogP contribution in [-0.4, -0.2) is 24.1 Å². The lowest BCUT2D eigenvalue weighted by atomic mass is 9.98. The molecule has 6 heteroatoms. The Morgan fingerprint density at radius 2 is 0.969 bits per heavy atom. The van der Waals surface area contributed by atoms with Crippen LogP contribution in [0.2, 0.25) is 0 Å².